The van der Waals surface area contributed by atoms with Gasteiger partial charge in [-0.25, -0.2) is 0 Å². The average molecular weight is 365 g/mol. The summed E-state index contributed by atoms with van der Waals surface area (Å²) in [7, 11) is 1.88. The fourth-order valence-corrected chi connectivity index (χ4v) is 3.07. The van der Waals surface area contributed by atoms with Crippen molar-refractivity contribution in [3.05, 3.63) is 28.8 Å². The first-order valence-corrected chi connectivity index (χ1v) is 9.40. The Morgan fingerprint density at radius 2 is 1.77 bits per heavy atom. The quantitative estimate of drug-likeness (QED) is 0.658. The van der Waals surface area contributed by atoms with E-state index in [1.807, 2.05) is 34.7 Å². The van der Waals surface area contributed by atoms with Crippen molar-refractivity contribution in [3.8, 4) is 5.75 Å². The number of amides is 1. The summed E-state index contributed by atoms with van der Waals surface area (Å²) >= 11 is 0. The number of hydrogen-bond acceptors (Lipinski definition) is 4. The summed E-state index contributed by atoms with van der Waals surface area (Å²) in [6, 6.07) is 4.12. The molecule has 0 aromatic heterocycles. The Morgan fingerprint density at radius 3 is 2.23 bits per heavy atom. The molecular weight excluding hydrogens is 328 g/mol. The van der Waals surface area contributed by atoms with Crippen LogP contribution in [0.15, 0.2) is 12.1 Å². The molecule has 0 heterocycles. The molecule has 5 nitrogen and oxygen atoms in total. The second-order valence-corrected chi connectivity index (χ2v) is 7.89. The standard InChI is InChI=1S/C21H36N2O3/c1-9-25-16(4)26-19-14(2)10-17(11-15(19)3)12-23-20(24)18(13-22-8)21(5,6)7/h10-11,16,18,22H,9,12-13H2,1-8H3,(H,23,24). The largest absolute Gasteiger partial charge is 0.465 e. The molecule has 1 rings (SSSR count). The van der Waals surface area contributed by atoms with Crippen LogP contribution >= 0.6 is 0 Å². The zero-order valence-electron chi connectivity index (χ0n) is 17.7. The maximum Gasteiger partial charge on any atom is 0.225 e. The van der Waals surface area contributed by atoms with Crippen LogP contribution in [0.5, 0.6) is 5.75 Å². The Hall–Kier alpha value is -1.59. The van der Waals surface area contributed by atoms with Gasteiger partial charge in [0, 0.05) is 19.7 Å². The molecule has 0 aliphatic heterocycles. The van der Waals surface area contributed by atoms with Gasteiger partial charge in [-0.3, -0.25) is 4.79 Å². The fourth-order valence-electron chi connectivity index (χ4n) is 3.07. The van der Waals surface area contributed by atoms with Crippen LogP contribution in [0.4, 0.5) is 0 Å². The van der Waals surface area contributed by atoms with Crippen LogP contribution in [-0.4, -0.2) is 32.4 Å². The van der Waals surface area contributed by atoms with E-state index in [0.29, 0.717) is 19.7 Å². The maximum absolute atomic E-state index is 12.6. The van der Waals surface area contributed by atoms with Crippen molar-refractivity contribution in [2.24, 2.45) is 11.3 Å². The van der Waals surface area contributed by atoms with Crippen molar-refractivity contribution >= 4 is 5.91 Å². The van der Waals surface area contributed by atoms with Crippen molar-refractivity contribution in [2.45, 2.75) is 61.3 Å². The molecule has 5 heteroatoms. The highest BCUT2D eigenvalue weighted by atomic mass is 16.7. The topological polar surface area (TPSA) is 59.6 Å². The first kappa shape index (κ1) is 22.5. The minimum Gasteiger partial charge on any atom is -0.465 e. The third-order valence-corrected chi connectivity index (χ3v) is 4.44. The maximum atomic E-state index is 12.6. The number of aryl methyl sites for hydroxylation is 2. The lowest BCUT2D eigenvalue weighted by Crippen LogP contribution is -2.42. The summed E-state index contributed by atoms with van der Waals surface area (Å²) < 4.78 is 11.4. The van der Waals surface area contributed by atoms with Crippen LogP contribution in [0.2, 0.25) is 0 Å². The third-order valence-electron chi connectivity index (χ3n) is 4.44. The van der Waals surface area contributed by atoms with Crippen LogP contribution < -0.4 is 15.4 Å². The van der Waals surface area contributed by atoms with Crippen molar-refractivity contribution in [1.82, 2.24) is 10.6 Å². The normalized spacial score (nSPS) is 14.0. The molecule has 1 aromatic rings. The summed E-state index contributed by atoms with van der Waals surface area (Å²) in [5, 5.41) is 6.20. The summed E-state index contributed by atoms with van der Waals surface area (Å²) in [5.41, 5.74) is 3.07. The lowest BCUT2D eigenvalue weighted by molar-refractivity contribution is -0.128. The molecule has 1 amide bonds. The lowest BCUT2D eigenvalue weighted by atomic mass is 9.80. The van der Waals surface area contributed by atoms with E-state index >= 15 is 0 Å². The van der Waals surface area contributed by atoms with Crippen LogP contribution in [-0.2, 0) is 16.1 Å². The molecule has 2 atom stereocenters. The summed E-state index contributed by atoms with van der Waals surface area (Å²) in [4.78, 5) is 12.6. The second kappa shape index (κ2) is 9.93. The number of rotatable bonds is 9. The van der Waals surface area contributed by atoms with E-state index < -0.39 is 0 Å². The van der Waals surface area contributed by atoms with Gasteiger partial charge in [0.1, 0.15) is 5.75 Å². The van der Waals surface area contributed by atoms with Crippen molar-refractivity contribution in [3.63, 3.8) is 0 Å². The molecule has 1 aromatic carbocycles. The van der Waals surface area contributed by atoms with E-state index in [9.17, 15) is 4.79 Å². The first-order chi connectivity index (χ1) is 12.1. The van der Waals surface area contributed by atoms with Crippen LogP contribution in [0.3, 0.4) is 0 Å². The van der Waals surface area contributed by atoms with Crippen LogP contribution in [0, 0.1) is 25.2 Å². The Labute approximate surface area is 158 Å². The van der Waals surface area contributed by atoms with Gasteiger partial charge in [-0.05, 0) is 56.8 Å². The highest BCUT2D eigenvalue weighted by Crippen LogP contribution is 2.27. The Kier molecular flexibility index (Phi) is 8.57. The highest BCUT2D eigenvalue weighted by Gasteiger charge is 2.30. The van der Waals surface area contributed by atoms with Gasteiger partial charge >= 0.3 is 0 Å². The van der Waals surface area contributed by atoms with Gasteiger partial charge in [-0.1, -0.05) is 32.9 Å². The van der Waals surface area contributed by atoms with Crippen molar-refractivity contribution in [2.75, 3.05) is 20.2 Å². The predicted molar refractivity (Wildman–Crippen MR) is 106 cm³/mol. The molecule has 0 saturated heterocycles. The monoisotopic (exact) mass is 364 g/mol. The lowest BCUT2D eigenvalue weighted by Gasteiger charge is -2.29. The summed E-state index contributed by atoms with van der Waals surface area (Å²) in [6.45, 7) is 15.9. The zero-order chi connectivity index (χ0) is 19.9. The molecule has 0 aliphatic rings. The van der Waals surface area contributed by atoms with Gasteiger partial charge in [0.05, 0.1) is 5.92 Å². The molecule has 0 bridgehead atoms. The van der Waals surface area contributed by atoms with E-state index in [1.54, 1.807) is 0 Å². The summed E-state index contributed by atoms with van der Waals surface area (Å²) in [5.74, 6) is 0.848. The highest BCUT2D eigenvalue weighted by molar-refractivity contribution is 5.79. The first-order valence-electron chi connectivity index (χ1n) is 9.40. The van der Waals surface area contributed by atoms with E-state index in [1.165, 1.54) is 0 Å². The molecule has 0 radical (unpaired) electrons. The molecule has 26 heavy (non-hydrogen) atoms. The van der Waals surface area contributed by atoms with Crippen molar-refractivity contribution in [1.29, 1.82) is 0 Å². The Morgan fingerprint density at radius 1 is 1.19 bits per heavy atom. The molecule has 0 spiro atoms. The minimum absolute atomic E-state index is 0.0763. The van der Waals surface area contributed by atoms with Gasteiger partial charge in [0.15, 0.2) is 6.29 Å². The molecule has 0 fully saturated rings. The molecule has 148 valence electrons. The van der Waals surface area contributed by atoms with Crippen LogP contribution in [0.25, 0.3) is 0 Å². The SMILES string of the molecule is CCOC(C)Oc1c(C)cc(CNC(=O)C(CNC)C(C)(C)C)cc1C. The van der Waals surface area contributed by atoms with Gasteiger partial charge in [-0.2, -0.15) is 0 Å². The molecule has 2 unspecified atom stereocenters. The van der Waals surface area contributed by atoms with Crippen molar-refractivity contribution < 1.29 is 14.3 Å². The Bertz CT molecular complexity index is 570. The number of benzene rings is 1. The third kappa shape index (κ3) is 6.61. The van der Waals surface area contributed by atoms with Gasteiger partial charge in [0.25, 0.3) is 0 Å². The molecular formula is C21H36N2O3. The van der Waals surface area contributed by atoms with E-state index in [-0.39, 0.29) is 23.5 Å². The minimum atomic E-state index is -0.281. The Balaban J connectivity index is 2.81. The fraction of sp³-hybridized carbons (Fsp3) is 0.667. The van der Waals surface area contributed by atoms with E-state index in [0.717, 1.165) is 22.4 Å². The number of ether oxygens (including phenoxy) is 2. The number of carbonyl (C=O) groups excluding carboxylic acids is 1. The number of carbonyl (C=O) groups is 1. The van der Waals surface area contributed by atoms with Gasteiger partial charge in [0.2, 0.25) is 5.91 Å². The predicted octanol–water partition coefficient (Wildman–Crippen LogP) is 3.56. The molecule has 2 N–H and O–H groups in total. The average Bonchev–Trinajstić information content (AvgIpc) is 2.53. The number of hydrogen-bond donors (Lipinski definition) is 2. The van der Waals surface area contributed by atoms with E-state index in [4.69, 9.17) is 9.47 Å². The molecule has 0 saturated carbocycles. The number of nitrogens with one attached hydrogen (secondary N) is 2. The smallest absolute Gasteiger partial charge is 0.225 e. The van der Waals surface area contributed by atoms with Crippen LogP contribution in [0.1, 0.15) is 51.3 Å². The molecule has 0 aliphatic carbocycles. The summed E-state index contributed by atoms with van der Waals surface area (Å²) in [6.07, 6.45) is -0.281. The second-order valence-electron chi connectivity index (χ2n) is 7.89. The van der Waals surface area contributed by atoms with Gasteiger partial charge < -0.3 is 20.1 Å². The zero-order valence-corrected chi connectivity index (χ0v) is 17.7. The van der Waals surface area contributed by atoms with E-state index in [2.05, 4.69) is 43.5 Å². The van der Waals surface area contributed by atoms with Gasteiger partial charge in [-0.15, -0.1) is 0 Å².